The van der Waals surface area contributed by atoms with Crippen molar-refractivity contribution in [2.24, 2.45) is 5.92 Å². The van der Waals surface area contributed by atoms with E-state index in [1.807, 2.05) is 0 Å². The highest BCUT2D eigenvalue weighted by Crippen LogP contribution is 2.17. The Bertz CT molecular complexity index is 217. The summed E-state index contributed by atoms with van der Waals surface area (Å²) >= 11 is 0. The Morgan fingerprint density at radius 3 is 1.70 bits per heavy atom. The van der Waals surface area contributed by atoms with Crippen molar-refractivity contribution in [1.29, 1.82) is 0 Å². The van der Waals surface area contributed by atoms with Crippen molar-refractivity contribution in [3.8, 4) is 0 Å². The lowest BCUT2D eigenvalue weighted by Crippen LogP contribution is -2.37. The van der Waals surface area contributed by atoms with E-state index in [1.165, 1.54) is 51.4 Å². The lowest BCUT2D eigenvalue weighted by atomic mass is 9.97. The molecule has 0 aliphatic heterocycles. The summed E-state index contributed by atoms with van der Waals surface area (Å²) in [6, 6.07) is 0. The molecule has 0 fully saturated rings. The molecule has 1 unspecified atom stereocenters. The van der Waals surface area contributed by atoms with Crippen LogP contribution in [0.15, 0.2) is 0 Å². The number of carbonyl (C=O) groups is 1. The van der Waals surface area contributed by atoms with Gasteiger partial charge in [-0.15, -0.1) is 0 Å². The Morgan fingerprint density at radius 2 is 1.30 bits per heavy atom. The van der Waals surface area contributed by atoms with E-state index in [0.29, 0.717) is 5.91 Å². The minimum Gasteiger partial charge on any atom is -0.342 e. The predicted molar refractivity (Wildman–Crippen MR) is 88.9 cm³/mol. The van der Waals surface area contributed by atoms with Crippen molar-refractivity contribution in [3.05, 3.63) is 0 Å². The molecule has 2 heteroatoms. The smallest absolute Gasteiger partial charge is 0.225 e. The third kappa shape index (κ3) is 8.60. The predicted octanol–water partition coefficient (Wildman–Crippen LogP) is 5.41. The lowest BCUT2D eigenvalue weighted by Gasteiger charge is -2.27. The molecule has 0 N–H and O–H groups in total. The van der Waals surface area contributed by atoms with E-state index in [1.54, 1.807) is 0 Å². The molecule has 0 bridgehead atoms. The van der Waals surface area contributed by atoms with Crippen LogP contribution >= 0.6 is 0 Å². The Labute approximate surface area is 127 Å². The summed E-state index contributed by atoms with van der Waals surface area (Å²) in [6.45, 7) is 10.8. The summed E-state index contributed by atoms with van der Waals surface area (Å²) in [5, 5.41) is 0. The molecule has 0 aliphatic carbocycles. The van der Waals surface area contributed by atoms with Gasteiger partial charge < -0.3 is 4.90 Å². The van der Waals surface area contributed by atoms with Gasteiger partial charge >= 0.3 is 0 Å². The second kappa shape index (κ2) is 13.5. The molecule has 0 aromatic heterocycles. The summed E-state index contributed by atoms with van der Waals surface area (Å²) in [5.74, 6) is 0.686. The average Bonchev–Trinajstić information content (AvgIpc) is 2.46. The van der Waals surface area contributed by atoms with Gasteiger partial charge in [-0.25, -0.2) is 0 Å². The van der Waals surface area contributed by atoms with E-state index in [0.717, 1.165) is 25.9 Å². The largest absolute Gasteiger partial charge is 0.342 e. The van der Waals surface area contributed by atoms with Crippen LogP contribution in [0.25, 0.3) is 0 Å². The highest BCUT2D eigenvalue weighted by molar-refractivity contribution is 5.78. The van der Waals surface area contributed by atoms with Crippen molar-refractivity contribution in [3.63, 3.8) is 0 Å². The standard InChI is InChI=1S/C18H37NO/c1-5-9-12-15-19(16-13-10-6-2)18(20)17(8-4)14-11-7-3/h17H,5-16H2,1-4H3. The minimum absolute atomic E-state index is 0.262. The minimum atomic E-state index is 0.262. The monoisotopic (exact) mass is 283 g/mol. The summed E-state index contributed by atoms with van der Waals surface area (Å²) < 4.78 is 0. The molecule has 0 saturated heterocycles. The van der Waals surface area contributed by atoms with Crippen molar-refractivity contribution < 1.29 is 4.79 Å². The van der Waals surface area contributed by atoms with Crippen molar-refractivity contribution in [1.82, 2.24) is 4.90 Å². The molecule has 20 heavy (non-hydrogen) atoms. The van der Waals surface area contributed by atoms with Crippen LogP contribution in [-0.4, -0.2) is 23.9 Å². The molecule has 0 heterocycles. The fourth-order valence-corrected chi connectivity index (χ4v) is 2.65. The van der Waals surface area contributed by atoms with E-state index in [2.05, 4.69) is 32.6 Å². The first-order chi connectivity index (χ1) is 9.71. The number of unbranched alkanes of at least 4 members (excludes halogenated alkanes) is 5. The third-order valence-corrected chi connectivity index (χ3v) is 4.12. The highest BCUT2D eigenvalue weighted by atomic mass is 16.2. The fourth-order valence-electron chi connectivity index (χ4n) is 2.65. The molecule has 0 aliphatic rings. The van der Waals surface area contributed by atoms with Gasteiger partial charge in [-0.3, -0.25) is 4.79 Å². The second-order valence-electron chi connectivity index (χ2n) is 5.99. The van der Waals surface area contributed by atoms with Crippen molar-refractivity contribution >= 4 is 5.91 Å². The maximum Gasteiger partial charge on any atom is 0.225 e. The van der Waals surface area contributed by atoms with Gasteiger partial charge in [0.2, 0.25) is 5.91 Å². The zero-order chi connectivity index (χ0) is 15.2. The number of hydrogen-bond acceptors (Lipinski definition) is 1. The van der Waals surface area contributed by atoms with E-state index in [4.69, 9.17) is 0 Å². The molecule has 0 rings (SSSR count). The fraction of sp³-hybridized carbons (Fsp3) is 0.944. The number of hydrogen-bond donors (Lipinski definition) is 0. The Hall–Kier alpha value is -0.530. The third-order valence-electron chi connectivity index (χ3n) is 4.12. The van der Waals surface area contributed by atoms with Gasteiger partial charge in [-0.2, -0.15) is 0 Å². The maximum absolute atomic E-state index is 12.7. The first kappa shape index (κ1) is 19.5. The highest BCUT2D eigenvalue weighted by Gasteiger charge is 2.21. The molecule has 2 nitrogen and oxygen atoms in total. The first-order valence-corrected chi connectivity index (χ1v) is 8.99. The molecule has 0 saturated carbocycles. The lowest BCUT2D eigenvalue weighted by molar-refractivity contribution is -0.136. The van der Waals surface area contributed by atoms with Crippen LogP contribution in [0, 0.1) is 5.92 Å². The van der Waals surface area contributed by atoms with Gasteiger partial charge in [0.05, 0.1) is 0 Å². The number of nitrogens with zero attached hydrogens (tertiary/aromatic N) is 1. The Morgan fingerprint density at radius 1 is 0.800 bits per heavy atom. The number of rotatable bonds is 13. The van der Waals surface area contributed by atoms with Crippen LogP contribution < -0.4 is 0 Å². The summed E-state index contributed by atoms with van der Waals surface area (Å²) in [6.07, 6.45) is 11.7. The maximum atomic E-state index is 12.7. The van der Waals surface area contributed by atoms with Crippen molar-refractivity contribution in [2.45, 2.75) is 91.9 Å². The molecular formula is C18H37NO. The SMILES string of the molecule is CCCCCN(CCCCC)C(=O)C(CC)CCCC. The summed E-state index contributed by atoms with van der Waals surface area (Å²) in [4.78, 5) is 14.9. The van der Waals surface area contributed by atoms with Gasteiger partial charge in [0.15, 0.2) is 0 Å². The number of amides is 1. The molecule has 0 aromatic rings. The van der Waals surface area contributed by atoms with Crippen LogP contribution in [0.2, 0.25) is 0 Å². The van der Waals surface area contributed by atoms with Crippen LogP contribution in [0.4, 0.5) is 0 Å². The Kier molecular flexibility index (Phi) is 13.1. The first-order valence-electron chi connectivity index (χ1n) is 8.99. The Balaban J connectivity index is 4.40. The quantitative estimate of drug-likeness (QED) is 0.414. The molecule has 120 valence electrons. The van der Waals surface area contributed by atoms with Crippen LogP contribution in [-0.2, 0) is 4.79 Å². The van der Waals surface area contributed by atoms with E-state index in [-0.39, 0.29) is 5.92 Å². The topological polar surface area (TPSA) is 20.3 Å². The summed E-state index contributed by atoms with van der Waals surface area (Å²) in [7, 11) is 0. The van der Waals surface area contributed by atoms with Gasteiger partial charge in [0.1, 0.15) is 0 Å². The molecule has 1 amide bonds. The van der Waals surface area contributed by atoms with Gasteiger partial charge in [0.25, 0.3) is 0 Å². The molecule has 0 spiro atoms. The van der Waals surface area contributed by atoms with Gasteiger partial charge in [0, 0.05) is 19.0 Å². The molecule has 0 aromatic carbocycles. The second-order valence-corrected chi connectivity index (χ2v) is 5.99. The van der Waals surface area contributed by atoms with Gasteiger partial charge in [-0.05, 0) is 25.7 Å². The number of carbonyl (C=O) groups excluding carboxylic acids is 1. The van der Waals surface area contributed by atoms with Crippen LogP contribution in [0.3, 0.4) is 0 Å². The van der Waals surface area contributed by atoms with Crippen LogP contribution in [0.5, 0.6) is 0 Å². The van der Waals surface area contributed by atoms with E-state index >= 15 is 0 Å². The zero-order valence-corrected chi connectivity index (χ0v) is 14.4. The molecule has 1 atom stereocenters. The van der Waals surface area contributed by atoms with E-state index < -0.39 is 0 Å². The molecular weight excluding hydrogens is 246 g/mol. The van der Waals surface area contributed by atoms with Gasteiger partial charge in [-0.1, -0.05) is 66.2 Å². The van der Waals surface area contributed by atoms with Crippen LogP contribution in [0.1, 0.15) is 91.9 Å². The normalized spacial score (nSPS) is 12.4. The van der Waals surface area contributed by atoms with E-state index in [9.17, 15) is 4.79 Å². The van der Waals surface area contributed by atoms with Crippen molar-refractivity contribution in [2.75, 3.05) is 13.1 Å². The summed E-state index contributed by atoms with van der Waals surface area (Å²) in [5.41, 5.74) is 0. The zero-order valence-electron chi connectivity index (χ0n) is 14.4. The average molecular weight is 284 g/mol. The molecule has 0 radical (unpaired) electrons.